The van der Waals surface area contributed by atoms with Crippen molar-refractivity contribution in [1.29, 1.82) is 0 Å². The van der Waals surface area contributed by atoms with E-state index >= 15 is 0 Å². The fraction of sp³-hybridized carbons (Fsp3) is 0.250. The number of aryl methyl sites for hydroxylation is 1. The Kier molecular flexibility index (Phi) is 5.99. The van der Waals surface area contributed by atoms with Crippen molar-refractivity contribution in [2.24, 2.45) is 5.73 Å². The molecule has 1 atom stereocenters. The zero-order valence-electron chi connectivity index (χ0n) is 18.3. The van der Waals surface area contributed by atoms with E-state index in [2.05, 4.69) is 16.5 Å². The Bertz CT molecular complexity index is 1290. The highest BCUT2D eigenvalue weighted by Crippen LogP contribution is 2.39. The molecule has 0 aliphatic carbocycles. The van der Waals surface area contributed by atoms with Gasteiger partial charge in [-0.05, 0) is 47.9 Å². The molecule has 34 heavy (non-hydrogen) atoms. The summed E-state index contributed by atoms with van der Waals surface area (Å²) in [7, 11) is 0. The van der Waals surface area contributed by atoms with Crippen LogP contribution in [-0.2, 0) is 15.8 Å². The van der Waals surface area contributed by atoms with Gasteiger partial charge in [-0.2, -0.15) is 13.2 Å². The van der Waals surface area contributed by atoms with Crippen molar-refractivity contribution >= 4 is 28.5 Å². The van der Waals surface area contributed by atoms with Crippen LogP contribution in [0.1, 0.15) is 11.1 Å². The molecule has 1 unspecified atom stereocenters. The van der Waals surface area contributed by atoms with Gasteiger partial charge in [0.05, 0.1) is 11.1 Å². The third kappa shape index (κ3) is 4.18. The summed E-state index contributed by atoms with van der Waals surface area (Å²) in [5.41, 5.74) is 6.39. The second-order valence-electron chi connectivity index (χ2n) is 8.02. The Morgan fingerprint density at radius 1 is 1.15 bits per heavy atom. The topological polar surface area (TPSA) is 92.4 Å². The van der Waals surface area contributed by atoms with Crippen LogP contribution >= 0.6 is 0 Å². The van der Waals surface area contributed by atoms with Crippen LogP contribution in [0.25, 0.3) is 22.0 Å². The molecule has 0 bridgehead atoms. The molecular weight excluding hydrogens is 447 g/mol. The van der Waals surface area contributed by atoms with Crippen LogP contribution in [0.5, 0.6) is 0 Å². The van der Waals surface area contributed by atoms with Gasteiger partial charge in [0.15, 0.2) is 0 Å². The minimum absolute atomic E-state index is 0.0694. The first-order chi connectivity index (χ1) is 16.1. The van der Waals surface area contributed by atoms with Crippen LogP contribution in [0.3, 0.4) is 0 Å². The number of aromatic nitrogens is 2. The van der Waals surface area contributed by atoms with Gasteiger partial charge in [-0.1, -0.05) is 24.8 Å². The Labute approximate surface area is 193 Å². The molecule has 7 nitrogen and oxygen atoms in total. The maximum atomic E-state index is 13.6. The molecule has 0 saturated carbocycles. The predicted molar refractivity (Wildman–Crippen MR) is 122 cm³/mol. The summed E-state index contributed by atoms with van der Waals surface area (Å²) in [5, 5.41) is 0.625. The number of nitrogens with zero attached hydrogens (tertiary/aromatic N) is 4. The molecule has 2 amide bonds. The van der Waals surface area contributed by atoms with E-state index in [1.54, 1.807) is 25.1 Å². The van der Waals surface area contributed by atoms with Gasteiger partial charge >= 0.3 is 6.18 Å². The van der Waals surface area contributed by atoms with Gasteiger partial charge < -0.3 is 15.5 Å². The lowest BCUT2D eigenvalue weighted by Crippen LogP contribution is -2.59. The SMILES string of the molecule is C=CC(=O)N1CCN(c2ncnc3cc(-c4ccccc4C(F)(F)F)c(C)cc23)CC1C(N)=O. The Morgan fingerprint density at radius 3 is 2.56 bits per heavy atom. The number of rotatable bonds is 4. The van der Waals surface area contributed by atoms with E-state index < -0.39 is 23.7 Å². The number of primary amides is 1. The molecule has 1 aliphatic rings. The van der Waals surface area contributed by atoms with E-state index in [4.69, 9.17) is 5.73 Å². The largest absolute Gasteiger partial charge is 0.417 e. The summed E-state index contributed by atoms with van der Waals surface area (Å²) in [6.45, 7) is 5.93. The Hall–Kier alpha value is -3.95. The van der Waals surface area contributed by atoms with E-state index in [-0.39, 0.29) is 24.6 Å². The average Bonchev–Trinajstić information content (AvgIpc) is 2.82. The van der Waals surface area contributed by atoms with E-state index in [9.17, 15) is 22.8 Å². The number of halogens is 3. The zero-order chi connectivity index (χ0) is 24.6. The number of carbonyl (C=O) groups is 2. The molecule has 10 heteroatoms. The third-order valence-corrected chi connectivity index (χ3v) is 5.95. The number of hydrogen-bond donors (Lipinski definition) is 1. The Morgan fingerprint density at radius 2 is 1.88 bits per heavy atom. The normalized spacial score (nSPS) is 16.5. The number of alkyl halides is 3. The van der Waals surface area contributed by atoms with Crippen molar-refractivity contribution < 1.29 is 22.8 Å². The molecule has 1 aromatic heterocycles. The maximum absolute atomic E-state index is 13.6. The van der Waals surface area contributed by atoms with Crippen LogP contribution in [0, 0.1) is 6.92 Å². The van der Waals surface area contributed by atoms with Crippen LogP contribution in [0.15, 0.2) is 55.4 Å². The minimum atomic E-state index is -4.50. The number of fused-ring (bicyclic) bond motifs is 1. The number of carbonyl (C=O) groups excluding carboxylic acids is 2. The lowest BCUT2D eigenvalue weighted by atomic mass is 9.94. The molecule has 2 heterocycles. The highest BCUT2D eigenvalue weighted by Gasteiger charge is 2.35. The van der Waals surface area contributed by atoms with Crippen LogP contribution < -0.4 is 10.6 Å². The van der Waals surface area contributed by atoms with Gasteiger partial charge in [-0.3, -0.25) is 9.59 Å². The molecule has 2 aromatic carbocycles. The predicted octanol–water partition coefficient (Wildman–Crippen LogP) is 3.31. The van der Waals surface area contributed by atoms with Gasteiger partial charge in [0, 0.05) is 25.0 Å². The van der Waals surface area contributed by atoms with Crippen molar-refractivity contribution in [2.75, 3.05) is 24.5 Å². The number of hydrogen-bond acceptors (Lipinski definition) is 5. The highest BCUT2D eigenvalue weighted by molar-refractivity contribution is 5.96. The van der Waals surface area contributed by atoms with Crippen molar-refractivity contribution in [3.63, 3.8) is 0 Å². The van der Waals surface area contributed by atoms with Gasteiger partial charge in [0.1, 0.15) is 18.2 Å². The number of piperazine rings is 1. The van der Waals surface area contributed by atoms with Gasteiger partial charge in [-0.25, -0.2) is 9.97 Å². The fourth-order valence-electron chi connectivity index (χ4n) is 4.30. The first-order valence-corrected chi connectivity index (χ1v) is 10.5. The number of amides is 2. The van der Waals surface area contributed by atoms with Crippen molar-refractivity contribution in [1.82, 2.24) is 14.9 Å². The van der Waals surface area contributed by atoms with Crippen molar-refractivity contribution in [2.45, 2.75) is 19.1 Å². The smallest absolute Gasteiger partial charge is 0.368 e. The van der Waals surface area contributed by atoms with Crippen LogP contribution in [-0.4, -0.2) is 52.4 Å². The molecule has 1 fully saturated rings. The second kappa shape index (κ2) is 8.77. The zero-order valence-corrected chi connectivity index (χ0v) is 18.3. The fourth-order valence-corrected chi connectivity index (χ4v) is 4.30. The highest BCUT2D eigenvalue weighted by atomic mass is 19.4. The monoisotopic (exact) mass is 469 g/mol. The Balaban J connectivity index is 1.77. The summed E-state index contributed by atoms with van der Waals surface area (Å²) >= 11 is 0. The molecule has 3 aromatic rings. The van der Waals surface area contributed by atoms with Crippen LogP contribution in [0.2, 0.25) is 0 Å². The number of anilines is 1. The molecule has 0 radical (unpaired) electrons. The lowest BCUT2D eigenvalue weighted by molar-refractivity contribution is -0.137. The summed E-state index contributed by atoms with van der Waals surface area (Å²) in [5.74, 6) is -0.527. The average molecular weight is 469 g/mol. The van der Waals surface area contributed by atoms with E-state index in [0.717, 1.165) is 12.1 Å². The van der Waals surface area contributed by atoms with E-state index in [0.29, 0.717) is 34.4 Å². The van der Waals surface area contributed by atoms with E-state index in [1.165, 1.54) is 23.4 Å². The molecule has 1 aliphatic heterocycles. The standard InChI is InChI=1S/C24H22F3N5O2/c1-3-21(33)32-9-8-31(12-20(32)22(28)34)23-17-10-14(2)16(11-19(17)29-13-30-23)15-6-4-5-7-18(15)24(25,26)27/h3-7,10-11,13,20H,1,8-9,12H2,2H3,(H2,28,34). The number of benzene rings is 2. The molecule has 4 rings (SSSR count). The second-order valence-corrected chi connectivity index (χ2v) is 8.02. The summed E-state index contributed by atoms with van der Waals surface area (Å²) in [6, 6.07) is 7.90. The van der Waals surface area contributed by atoms with Crippen molar-refractivity contribution in [3.8, 4) is 11.1 Å². The van der Waals surface area contributed by atoms with Gasteiger partial charge in [0.2, 0.25) is 11.8 Å². The first kappa shape index (κ1) is 23.2. The maximum Gasteiger partial charge on any atom is 0.417 e. The first-order valence-electron chi connectivity index (χ1n) is 10.5. The number of nitrogens with two attached hydrogens (primary N) is 1. The molecule has 176 valence electrons. The van der Waals surface area contributed by atoms with Gasteiger partial charge in [0.25, 0.3) is 0 Å². The summed E-state index contributed by atoms with van der Waals surface area (Å²) < 4.78 is 40.8. The third-order valence-electron chi connectivity index (χ3n) is 5.95. The quantitative estimate of drug-likeness (QED) is 0.592. The molecular formula is C24H22F3N5O2. The molecule has 1 saturated heterocycles. The van der Waals surface area contributed by atoms with Crippen LogP contribution in [0.4, 0.5) is 19.0 Å². The minimum Gasteiger partial charge on any atom is -0.368 e. The molecule has 2 N–H and O–H groups in total. The summed E-state index contributed by atoms with van der Waals surface area (Å²) in [6.07, 6.45) is -2.04. The lowest BCUT2D eigenvalue weighted by Gasteiger charge is -2.40. The van der Waals surface area contributed by atoms with Gasteiger partial charge in [-0.15, -0.1) is 0 Å². The molecule has 0 spiro atoms. The van der Waals surface area contributed by atoms with E-state index in [1.807, 2.05) is 4.90 Å². The van der Waals surface area contributed by atoms with Crippen molar-refractivity contribution in [3.05, 3.63) is 66.5 Å². The summed E-state index contributed by atoms with van der Waals surface area (Å²) in [4.78, 5) is 36.0.